The van der Waals surface area contributed by atoms with E-state index in [-0.39, 0.29) is 0 Å². The predicted molar refractivity (Wildman–Crippen MR) is 174 cm³/mol. The minimum Gasteiger partial charge on any atom is -0.497 e. The number of allylic oxidation sites excluding steroid dienone is 1. The number of alkyl halides is 3. The molecule has 8 rings (SSSR count). The second-order valence-corrected chi connectivity index (χ2v) is 12.7. The van der Waals surface area contributed by atoms with Crippen LogP contribution in [0.1, 0.15) is 64.8 Å². The molecule has 2 aliphatic carbocycles. The van der Waals surface area contributed by atoms with E-state index in [1.54, 1.807) is 13.2 Å². The van der Waals surface area contributed by atoms with Crippen molar-refractivity contribution in [2.75, 3.05) is 7.11 Å². The summed E-state index contributed by atoms with van der Waals surface area (Å²) < 4.78 is 54.5. The van der Waals surface area contributed by atoms with E-state index in [2.05, 4.69) is 54.6 Å². The van der Waals surface area contributed by atoms with E-state index in [1.165, 1.54) is 23.3 Å². The second-order valence-electron chi connectivity index (χ2n) is 12.7. The highest BCUT2D eigenvalue weighted by molar-refractivity contribution is 6.08. The Morgan fingerprint density at radius 1 is 0.822 bits per heavy atom. The van der Waals surface area contributed by atoms with Crippen molar-refractivity contribution in [3.8, 4) is 22.6 Å². The number of hydrogen-bond donors (Lipinski definition) is 0. The summed E-state index contributed by atoms with van der Waals surface area (Å²) in [5, 5.41) is 1.89. The molecule has 0 saturated heterocycles. The molecular formula is C40H31F3O2. The number of fused-ring (bicyclic) bond motifs is 9. The minimum absolute atomic E-state index is 0.632. The summed E-state index contributed by atoms with van der Waals surface area (Å²) in [5.41, 5.74) is 6.60. The van der Waals surface area contributed by atoms with Crippen molar-refractivity contribution in [2.24, 2.45) is 0 Å². The average molecular weight is 601 g/mol. The molecule has 1 unspecified atom stereocenters. The molecule has 3 aliphatic rings. The molecule has 0 bridgehead atoms. The molecule has 45 heavy (non-hydrogen) atoms. The summed E-state index contributed by atoms with van der Waals surface area (Å²) in [6.45, 7) is 4.03. The van der Waals surface area contributed by atoms with Crippen molar-refractivity contribution in [2.45, 2.75) is 43.9 Å². The Labute approximate surface area is 260 Å². The molecule has 5 aromatic rings. The third-order valence-corrected chi connectivity index (χ3v) is 9.84. The maximum atomic E-state index is 13.9. The van der Waals surface area contributed by atoms with Crippen LogP contribution in [0.4, 0.5) is 13.2 Å². The van der Waals surface area contributed by atoms with Crippen LogP contribution < -0.4 is 9.47 Å². The molecule has 0 aromatic heterocycles. The van der Waals surface area contributed by atoms with Gasteiger partial charge in [-0.3, -0.25) is 0 Å². The van der Waals surface area contributed by atoms with Crippen molar-refractivity contribution in [3.05, 3.63) is 142 Å². The number of benzene rings is 5. The Morgan fingerprint density at radius 3 is 2.33 bits per heavy atom. The lowest BCUT2D eigenvalue weighted by molar-refractivity contribution is -0.137. The summed E-state index contributed by atoms with van der Waals surface area (Å²) >= 11 is 0. The highest BCUT2D eigenvalue weighted by atomic mass is 19.4. The van der Waals surface area contributed by atoms with Gasteiger partial charge in [-0.05, 0) is 82.0 Å². The third kappa shape index (κ3) is 4.03. The van der Waals surface area contributed by atoms with Gasteiger partial charge in [0.2, 0.25) is 0 Å². The van der Waals surface area contributed by atoms with Gasteiger partial charge in [-0.2, -0.15) is 13.2 Å². The molecule has 224 valence electrons. The average Bonchev–Trinajstić information content (AvgIpc) is 3.30. The van der Waals surface area contributed by atoms with E-state index >= 15 is 0 Å². The molecule has 0 saturated carbocycles. The molecule has 2 nitrogen and oxygen atoms in total. The van der Waals surface area contributed by atoms with Gasteiger partial charge in [0, 0.05) is 27.5 Å². The van der Waals surface area contributed by atoms with Gasteiger partial charge in [0.25, 0.3) is 0 Å². The van der Waals surface area contributed by atoms with Gasteiger partial charge >= 0.3 is 6.18 Å². The second kappa shape index (κ2) is 9.61. The van der Waals surface area contributed by atoms with Gasteiger partial charge in [-0.15, -0.1) is 0 Å². The summed E-state index contributed by atoms with van der Waals surface area (Å²) in [5.74, 6) is 1.49. The maximum absolute atomic E-state index is 13.9. The summed E-state index contributed by atoms with van der Waals surface area (Å²) in [6, 6.07) is 26.8. The van der Waals surface area contributed by atoms with Crippen LogP contribution in [0, 0.1) is 0 Å². The van der Waals surface area contributed by atoms with Crippen molar-refractivity contribution in [3.63, 3.8) is 0 Å². The molecule has 0 spiro atoms. The van der Waals surface area contributed by atoms with Crippen LogP contribution in [0.15, 0.2) is 97.1 Å². The first-order chi connectivity index (χ1) is 21.6. The van der Waals surface area contributed by atoms with Gasteiger partial charge in [0.15, 0.2) is 5.60 Å². The molecule has 1 aliphatic heterocycles. The molecule has 1 heterocycles. The molecule has 1 atom stereocenters. The standard InChI is InChI=1S/C40H31F3O2/c1-38(2)34-23-28(40(41,42)43)16-19-32(34)35-30-10-6-7-11-31(30)37-33(36(35)38)20-21-39(45-37,26-14-17-29(44-3)18-15-26)27-13-12-24-8-4-5-9-25(24)22-27/h4,6-8,10-23H,5,9H2,1-3H3. The number of ether oxygens (including phenoxy) is 2. The lowest BCUT2D eigenvalue weighted by atomic mass is 9.76. The lowest BCUT2D eigenvalue weighted by Gasteiger charge is -2.39. The Hall–Kier alpha value is -4.77. The zero-order valence-corrected chi connectivity index (χ0v) is 25.3. The fraction of sp³-hybridized carbons (Fsp3) is 0.200. The van der Waals surface area contributed by atoms with Gasteiger partial charge in [-0.1, -0.05) is 92.7 Å². The summed E-state index contributed by atoms with van der Waals surface area (Å²) in [7, 11) is 1.65. The van der Waals surface area contributed by atoms with Crippen LogP contribution >= 0.6 is 0 Å². The van der Waals surface area contributed by atoms with E-state index in [9.17, 15) is 13.2 Å². The number of methoxy groups -OCH3 is 1. The number of rotatable bonds is 3. The monoisotopic (exact) mass is 600 g/mol. The number of hydrogen-bond acceptors (Lipinski definition) is 2. The van der Waals surface area contributed by atoms with E-state index in [1.807, 2.05) is 50.2 Å². The van der Waals surface area contributed by atoms with Crippen LogP contribution in [0.2, 0.25) is 0 Å². The van der Waals surface area contributed by atoms with Crippen LogP contribution in [-0.2, 0) is 23.6 Å². The summed E-state index contributed by atoms with van der Waals surface area (Å²) in [4.78, 5) is 0. The fourth-order valence-corrected chi connectivity index (χ4v) is 7.59. The Morgan fingerprint density at radius 2 is 1.58 bits per heavy atom. The smallest absolute Gasteiger partial charge is 0.416 e. The lowest BCUT2D eigenvalue weighted by Crippen LogP contribution is -2.35. The highest BCUT2D eigenvalue weighted by Crippen LogP contribution is 2.58. The first-order valence-corrected chi connectivity index (χ1v) is 15.3. The van der Waals surface area contributed by atoms with Gasteiger partial charge in [-0.25, -0.2) is 0 Å². The normalized spacial score (nSPS) is 19.0. The van der Waals surface area contributed by atoms with Crippen LogP contribution in [0.5, 0.6) is 11.5 Å². The zero-order chi connectivity index (χ0) is 31.1. The minimum atomic E-state index is -4.42. The van der Waals surface area contributed by atoms with Crippen LogP contribution in [-0.4, -0.2) is 7.11 Å². The quantitative estimate of drug-likeness (QED) is 0.205. The van der Waals surface area contributed by atoms with Crippen LogP contribution in [0.25, 0.3) is 34.1 Å². The topological polar surface area (TPSA) is 18.5 Å². The first kappa shape index (κ1) is 27.8. The SMILES string of the molecule is COc1ccc(C2(c3ccc4c(c3)CCC=C4)C=Cc3c4c(c5ccccc5c3O2)-c2ccc(C(F)(F)F)cc2C4(C)C)cc1. The van der Waals surface area contributed by atoms with Crippen molar-refractivity contribution < 1.29 is 22.6 Å². The molecule has 0 amide bonds. The van der Waals surface area contributed by atoms with Crippen molar-refractivity contribution in [1.29, 1.82) is 0 Å². The molecule has 0 N–H and O–H groups in total. The zero-order valence-electron chi connectivity index (χ0n) is 25.3. The number of halogens is 3. The fourth-order valence-electron chi connectivity index (χ4n) is 7.59. The largest absolute Gasteiger partial charge is 0.497 e. The Kier molecular flexibility index (Phi) is 5.93. The number of aryl methyl sites for hydroxylation is 1. The first-order valence-electron chi connectivity index (χ1n) is 15.3. The van der Waals surface area contributed by atoms with Crippen LogP contribution in [0.3, 0.4) is 0 Å². The van der Waals surface area contributed by atoms with Gasteiger partial charge in [0.1, 0.15) is 11.5 Å². The predicted octanol–water partition coefficient (Wildman–Crippen LogP) is 10.5. The maximum Gasteiger partial charge on any atom is 0.416 e. The Balaban J connectivity index is 1.39. The van der Waals surface area contributed by atoms with Gasteiger partial charge in [0.05, 0.1) is 12.7 Å². The third-order valence-electron chi connectivity index (χ3n) is 9.84. The molecule has 5 aromatic carbocycles. The molecule has 5 heteroatoms. The molecule has 0 fully saturated rings. The van der Waals surface area contributed by atoms with E-state index in [0.29, 0.717) is 5.56 Å². The van der Waals surface area contributed by atoms with Gasteiger partial charge < -0.3 is 9.47 Å². The molecule has 0 radical (unpaired) electrons. The van der Waals surface area contributed by atoms with E-state index in [0.717, 1.165) is 68.5 Å². The van der Waals surface area contributed by atoms with Crippen molar-refractivity contribution >= 4 is 22.9 Å². The Bertz CT molecular complexity index is 2080. The molecular weight excluding hydrogens is 569 g/mol. The van der Waals surface area contributed by atoms with Crippen molar-refractivity contribution in [1.82, 2.24) is 0 Å². The highest BCUT2D eigenvalue weighted by Gasteiger charge is 2.45. The van der Waals surface area contributed by atoms with E-state index < -0.39 is 22.8 Å². The van der Waals surface area contributed by atoms with E-state index in [4.69, 9.17) is 9.47 Å². The summed E-state index contributed by atoms with van der Waals surface area (Å²) in [6.07, 6.45) is 6.16.